The van der Waals surface area contributed by atoms with Crippen LogP contribution in [0, 0.1) is 0 Å². The molecule has 162 valence electrons. The van der Waals surface area contributed by atoms with Gasteiger partial charge in [-0.2, -0.15) is 0 Å². The maximum absolute atomic E-state index is 12.4. The number of fused-ring (bicyclic) bond motifs is 1. The van der Waals surface area contributed by atoms with Crippen LogP contribution >= 0.6 is 0 Å². The highest BCUT2D eigenvalue weighted by atomic mass is 16.2. The van der Waals surface area contributed by atoms with Crippen LogP contribution in [0.3, 0.4) is 0 Å². The Morgan fingerprint density at radius 3 is 2.03 bits per heavy atom. The lowest BCUT2D eigenvalue weighted by atomic mass is 10.1. The van der Waals surface area contributed by atoms with Crippen LogP contribution in [0.5, 0.6) is 0 Å². The summed E-state index contributed by atoms with van der Waals surface area (Å²) < 4.78 is 0. The topological polar surface area (TPSA) is 98.8 Å². The number of carbonyl (C=O) groups is 4. The first-order chi connectivity index (χ1) is 14.9. The molecule has 2 N–H and O–H groups in total. The highest BCUT2D eigenvalue weighted by Gasteiger charge is 2.36. The van der Waals surface area contributed by atoms with Gasteiger partial charge in [0.15, 0.2) is 0 Å². The molecule has 8 heteroatoms. The Hall–Kier alpha value is -3.52. The van der Waals surface area contributed by atoms with Crippen LogP contribution < -0.4 is 10.6 Å². The molecule has 0 aliphatic carbocycles. The zero-order valence-electron chi connectivity index (χ0n) is 17.7. The van der Waals surface area contributed by atoms with E-state index in [2.05, 4.69) is 29.4 Å². The molecule has 1 aliphatic rings. The van der Waals surface area contributed by atoms with Crippen molar-refractivity contribution in [2.24, 2.45) is 0 Å². The van der Waals surface area contributed by atoms with Gasteiger partial charge in [0, 0.05) is 24.3 Å². The molecular formula is C23H26N4O4. The zero-order valence-corrected chi connectivity index (χ0v) is 17.7. The van der Waals surface area contributed by atoms with Crippen LogP contribution in [-0.4, -0.2) is 66.2 Å². The third-order valence-corrected chi connectivity index (χ3v) is 5.22. The molecular weight excluding hydrogens is 396 g/mol. The second-order valence-corrected chi connectivity index (χ2v) is 7.15. The van der Waals surface area contributed by atoms with Gasteiger partial charge in [-0.3, -0.25) is 24.1 Å². The minimum atomic E-state index is -0.495. The molecule has 2 aromatic rings. The Bertz CT molecular complexity index is 948. The van der Waals surface area contributed by atoms with Gasteiger partial charge in [-0.1, -0.05) is 26.0 Å². The molecule has 31 heavy (non-hydrogen) atoms. The maximum Gasteiger partial charge on any atom is 0.262 e. The Morgan fingerprint density at radius 2 is 1.48 bits per heavy atom. The van der Waals surface area contributed by atoms with Crippen molar-refractivity contribution in [1.29, 1.82) is 0 Å². The van der Waals surface area contributed by atoms with Gasteiger partial charge in [0.05, 0.1) is 11.1 Å². The molecule has 0 saturated carbocycles. The van der Waals surface area contributed by atoms with Crippen LogP contribution in [0.25, 0.3) is 0 Å². The zero-order chi connectivity index (χ0) is 22.4. The molecule has 1 aliphatic heterocycles. The van der Waals surface area contributed by atoms with Crippen molar-refractivity contribution >= 4 is 29.3 Å². The standard InChI is InChI=1S/C23H26N4O4/c1-3-26(4-2)14-13-24-21(29)16-9-11-17(12-10-16)25-20(28)15-27-22(30)18-7-5-6-8-19(18)23(27)31/h5-12H,3-4,13-15H2,1-2H3,(H,24,29)(H,25,28). The van der Waals surface area contributed by atoms with Gasteiger partial charge in [0.2, 0.25) is 5.91 Å². The van der Waals surface area contributed by atoms with Crippen molar-refractivity contribution in [3.05, 3.63) is 65.2 Å². The van der Waals surface area contributed by atoms with E-state index in [1.807, 2.05) is 0 Å². The Balaban J connectivity index is 1.52. The van der Waals surface area contributed by atoms with Gasteiger partial charge in [-0.25, -0.2) is 0 Å². The molecule has 0 fully saturated rings. The lowest BCUT2D eigenvalue weighted by molar-refractivity contribution is -0.116. The molecule has 8 nitrogen and oxygen atoms in total. The van der Waals surface area contributed by atoms with Crippen LogP contribution in [0.2, 0.25) is 0 Å². The van der Waals surface area contributed by atoms with Crippen molar-refractivity contribution in [2.75, 3.05) is 38.0 Å². The summed E-state index contributed by atoms with van der Waals surface area (Å²) in [5, 5.41) is 5.53. The number of imide groups is 1. The van der Waals surface area contributed by atoms with Crippen LogP contribution in [0.1, 0.15) is 44.9 Å². The van der Waals surface area contributed by atoms with Crippen LogP contribution in [0.15, 0.2) is 48.5 Å². The molecule has 0 atom stereocenters. The van der Waals surface area contributed by atoms with Crippen LogP contribution in [0.4, 0.5) is 5.69 Å². The molecule has 0 aromatic heterocycles. The number of rotatable bonds is 9. The number of likely N-dealkylation sites (N-methyl/N-ethyl adjacent to an activating group) is 1. The lowest BCUT2D eigenvalue weighted by Crippen LogP contribution is -2.37. The fourth-order valence-electron chi connectivity index (χ4n) is 3.40. The van der Waals surface area contributed by atoms with Gasteiger partial charge in [-0.05, 0) is 49.5 Å². The largest absolute Gasteiger partial charge is 0.351 e. The number of benzene rings is 2. The van der Waals surface area contributed by atoms with E-state index in [4.69, 9.17) is 0 Å². The third-order valence-electron chi connectivity index (χ3n) is 5.22. The summed E-state index contributed by atoms with van der Waals surface area (Å²) in [6.07, 6.45) is 0. The van der Waals surface area contributed by atoms with E-state index in [9.17, 15) is 19.2 Å². The number of carbonyl (C=O) groups excluding carboxylic acids is 4. The number of hydrogen-bond donors (Lipinski definition) is 2. The predicted molar refractivity (Wildman–Crippen MR) is 117 cm³/mol. The number of hydrogen-bond acceptors (Lipinski definition) is 5. The fraction of sp³-hybridized carbons (Fsp3) is 0.304. The molecule has 3 rings (SSSR count). The minimum Gasteiger partial charge on any atom is -0.351 e. The second kappa shape index (κ2) is 9.99. The Kier molecular flexibility index (Phi) is 7.15. The number of nitrogens with one attached hydrogen (secondary N) is 2. The van der Waals surface area contributed by atoms with Crippen molar-refractivity contribution in [3.8, 4) is 0 Å². The summed E-state index contributed by atoms with van der Waals surface area (Å²) >= 11 is 0. The lowest BCUT2D eigenvalue weighted by Gasteiger charge is -2.18. The SMILES string of the molecule is CCN(CC)CCNC(=O)c1ccc(NC(=O)CN2C(=O)c3ccccc3C2=O)cc1. The van der Waals surface area contributed by atoms with E-state index >= 15 is 0 Å². The van der Waals surface area contributed by atoms with E-state index in [-0.39, 0.29) is 12.5 Å². The summed E-state index contributed by atoms with van der Waals surface area (Å²) in [7, 11) is 0. The molecule has 0 bridgehead atoms. The first-order valence-corrected chi connectivity index (χ1v) is 10.3. The van der Waals surface area contributed by atoms with E-state index in [0.29, 0.717) is 28.9 Å². The molecule has 2 aromatic carbocycles. The van der Waals surface area contributed by atoms with Crippen molar-refractivity contribution in [2.45, 2.75) is 13.8 Å². The molecule has 0 radical (unpaired) electrons. The third kappa shape index (κ3) is 5.16. The summed E-state index contributed by atoms with van der Waals surface area (Å²) in [5.41, 5.74) is 1.56. The average Bonchev–Trinajstić information content (AvgIpc) is 3.02. The van der Waals surface area contributed by atoms with E-state index in [1.165, 1.54) is 0 Å². The number of amides is 4. The highest BCUT2D eigenvalue weighted by Crippen LogP contribution is 2.22. The van der Waals surface area contributed by atoms with Gasteiger partial charge < -0.3 is 15.5 Å². The predicted octanol–water partition coefficient (Wildman–Crippen LogP) is 1.99. The first-order valence-electron chi connectivity index (χ1n) is 10.3. The second-order valence-electron chi connectivity index (χ2n) is 7.15. The summed E-state index contributed by atoms with van der Waals surface area (Å²) in [6, 6.07) is 12.9. The molecule has 4 amide bonds. The quantitative estimate of drug-likeness (QED) is 0.602. The molecule has 0 saturated heterocycles. The average molecular weight is 422 g/mol. The normalized spacial score (nSPS) is 12.8. The van der Waals surface area contributed by atoms with Gasteiger partial charge >= 0.3 is 0 Å². The fourth-order valence-corrected chi connectivity index (χ4v) is 3.40. The van der Waals surface area contributed by atoms with Gasteiger partial charge in [-0.15, -0.1) is 0 Å². The van der Waals surface area contributed by atoms with E-state index < -0.39 is 17.7 Å². The molecule has 1 heterocycles. The van der Waals surface area contributed by atoms with Gasteiger partial charge in [0.25, 0.3) is 17.7 Å². The summed E-state index contributed by atoms with van der Waals surface area (Å²) in [6.45, 7) is 6.98. The minimum absolute atomic E-state index is 0.184. The highest BCUT2D eigenvalue weighted by molar-refractivity contribution is 6.22. The van der Waals surface area contributed by atoms with Gasteiger partial charge in [0.1, 0.15) is 6.54 Å². The summed E-state index contributed by atoms with van der Waals surface area (Å²) in [4.78, 5) is 52.5. The Labute approximate surface area is 181 Å². The van der Waals surface area contributed by atoms with E-state index in [0.717, 1.165) is 24.5 Å². The van der Waals surface area contributed by atoms with Crippen LogP contribution in [-0.2, 0) is 4.79 Å². The van der Waals surface area contributed by atoms with Crippen molar-refractivity contribution in [1.82, 2.24) is 15.1 Å². The Morgan fingerprint density at radius 1 is 0.903 bits per heavy atom. The molecule has 0 unspecified atom stereocenters. The van der Waals surface area contributed by atoms with E-state index in [1.54, 1.807) is 48.5 Å². The number of nitrogens with zero attached hydrogens (tertiary/aromatic N) is 2. The number of anilines is 1. The first kappa shape index (κ1) is 22.2. The summed E-state index contributed by atoms with van der Waals surface area (Å²) in [5.74, 6) is -1.64. The monoisotopic (exact) mass is 422 g/mol. The smallest absolute Gasteiger partial charge is 0.262 e. The van der Waals surface area contributed by atoms with Crippen molar-refractivity contribution < 1.29 is 19.2 Å². The molecule has 0 spiro atoms. The van der Waals surface area contributed by atoms with Crippen molar-refractivity contribution in [3.63, 3.8) is 0 Å². The maximum atomic E-state index is 12.4.